The summed E-state index contributed by atoms with van der Waals surface area (Å²) in [6, 6.07) is 9.64. The minimum atomic E-state index is -0.420. The Kier molecular flexibility index (Phi) is 6.66. The van der Waals surface area contributed by atoms with Crippen LogP contribution in [0.2, 0.25) is 0 Å². The van der Waals surface area contributed by atoms with Crippen LogP contribution in [0.4, 0.5) is 0 Å². The Balaban J connectivity index is 2.37. The zero-order valence-electron chi connectivity index (χ0n) is 14.4. The lowest BCUT2D eigenvalue weighted by atomic mass is 10.1. The second kappa shape index (κ2) is 8.73. The van der Waals surface area contributed by atoms with Crippen LogP contribution in [0, 0.1) is 0 Å². The Morgan fingerprint density at radius 1 is 1.25 bits per heavy atom. The Hall–Kier alpha value is -2.02. The van der Waals surface area contributed by atoms with Crippen molar-refractivity contribution >= 4 is 17.7 Å². The number of carbonyl (C=O) groups excluding carboxylic acids is 1. The van der Waals surface area contributed by atoms with Gasteiger partial charge in [0.15, 0.2) is 5.16 Å². The van der Waals surface area contributed by atoms with E-state index in [2.05, 4.69) is 10.2 Å². The minimum Gasteiger partial charge on any atom is -0.342 e. The fraction of sp³-hybridized carbons (Fsp3) is 0.471. The summed E-state index contributed by atoms with van der Waals surface area (Å²) in [7, 11) is 0. The van der Waals surface area contributed by atoms with Gasteiger partial charge >= 0.3 is 5.69 Å². The summed E-state index contributed by atoms with van der Waals surface area (Å²) in [6.45, 7) is 7.83. The van der Waals surface area contributed by atoms with E-state index in [4.69, 9.17) is 0 Å². The quantitative estimate of drug-likeness (QED) is 0.745. The number of amides is 1. The van der Waals surface area contributed by atoms with Gasteiger partial charge in [-0.25, -0.2) is 9.89 Å². The third-order valence-corrected chi connectivity index (χ3v) is 5.03. The molecule has 0 aliphatic rings. The van der Waals surface area contributed by atoms with Crippen LogP contribution in [0.25, 0.3) is 0 Å². The molecule has 0 bridgehead atoms. The number of thioether (sulfide) groups is 1. The van der Waals surface area contributed by atoms with Crippen molar-refractivity contribution in [1.82, 2.24) is 19.7 Å². The number of aromatic amines is 1. The van der Waals surface area contributed by atoms with E-state index >= 15 is 0 Å². The van der Waals surface area contributed by atoms with Crippen LogP contribution >= 0.6 is 11.8 Å². The molecule has 1 amide bonds. The van der Waals surface area contributed by atoms with Crippen LogP contribution in [0.15, 0.2) is 40.3 Å². The summed E-state index contributed by atoms with van der Waals surface area (Å²) in [5, 5.41) is 6.73. The van der Waals surface area contributed by atoms with E-state index in [0.717, 1.165) is 12.0 Å². The molecular formula is C17H24N4O2S. The molecule has 0 fully saturated rings. The first-order valence-corrected chi connectivity index (χ1v) is 9.15. The molecule has 0 spiro atoms. The molecule has 0 aliphatic heterocycles. The van der Waals surface area contributed by atoms with E-state index in [-0.39, 0.29) is 11.6 Å². The first kappa shape index (κ1) is 18.3. The average molecular weight is 348 g/mol. The van der Waals surface area contributed by atoms with Gasteiger partial charge < -0.3 is 4.90 Å². The van der Waals surface area contributed by atoms with Crippen LogP contribution in [0.1, 0.15) is 38.0 Å². The summed E-state index contributed by atoms with van der Waals surface area (Å²) in [5.41, 5.74) is 0.680. The summed E-state index contributed by atoms with van der Waals surface area (Å²) >= 11 is 1.33. The molecule has 1 aromatic heterocycles. The molecule has 0 unspecified atom stereocenters. The third kappa shape index (κ3) is 4.08. The van der Waals surface area contributed by atoms with Crippen molar-refractivity contribution in [3.63, 3.8) is 0 Å². The maximum absolute atomic E-state index is 13.0. The number of hydrogen-bond acceptors (Lipinski definition) is 4. The molecule has 2 aromatic rings. The Morgan fingerprint density at radius 2 is 1.92 bits per heavy atom. The van der Waals surface area contributed by atoms with Crippen molar-refractivity contribution < 1.29 is 4.79 Å². The first-order chi connectivity index (χ1) is 11.6. The number of benzene rings is 1. The van der Waals surface area contributed by atoms with Crippen LogP contribution in [0.5, 0.6) is 0 Å². The molecule has 130 valence electrons. The minimum absolute atomic E-state index is 0.0368. The Morgan fingerprint density at radius 3 is 2.50 bits per heavy atom. The molecule has 1 N–H and O–H groups in total. The van der Waals surface area contributed by atoms with Crippen molar-refractivity contribution in [2.75, 3.05) is 13.1 Å². The molecular weight excluding hydrogens is 324 g/mol. The normalized spacial score (nSPS) is 12.1. The number of H-pyrrole nitrogens is 1. The van der Waals surface area contributed by atoms with Gasteiger partial charge in [-0.2, -0.15) is 0 Å². The molecule has 0 saturated heterocycles. The highest BCUT2D eigenvalue weighted by Crippen LogP contribution is 2.35. The predicted molar refractivity (Wildman–Crippen MR) is 96.1 cm³/mol. The van der Waals surface area contributed by atoms with Crippen molar-refractivity contribution in [1.29, 1.82) is 0 Å². The van der Waals surface area contributed by atoms with Gasteiger partial charge in [0, 0.05) is 19.6 Å². The maximum Gasteiger partial charge on any atom is 0.343 e. The fourth-order valence-electron chi connectivity index (χ4n) is 2.51. The van der Waals surface area contributed by atoms with E-state index in [9.17, 15) is 9.59 Å². The molecule has 1 heterocycles. The Bertz CT molecular complexity index is 707. The number of aromatic nitrogens is 3. The zero-order valence-corrected chi connectivity index (χ0v) is 15.2. The molecule has 6 nitrogen and oxygen atoms in total. The first-order valence-electron chi connectivity index (χ1n) is 8.27. The SMILES string of the molecule is CCCn1c(S[C@@H](C(=O)N(CC)CC)c2ccccc2)n[nH]c1=O. The van der Waals surface area contributed by atoms with Crippen LogP contribution in [-0.4, -0.2) is 38.7 Å². The molecule has 0 radical (unpaired) electrons. The van der Waals surface area contributed by atoms with Crippen molar-refractivity contribution in [3.8, 4) is 0 Å². The maximum atomic E-state index is 13.0. The molecule has 0 saturated carbocycles. The van der Waals surface area contributed by atoms with Gasteiger partial charge in [-0.3, -0.25) is 9.36 Å². The third-order valence-electron chi connectivity index (χ3n) is 3.80. The van der Waals surface area contributed by atoms with Gasteiger partial charge in [0.05, 0.1) is 0 Å². The van der Waals surface area contributed by atoms with Crippen LogP contribution in [-0.2, 0) is 11.3 Å². The van der Waals surface area contributed by atoms with Gasteiger partial charge in [0.1, 0.15) is 5.25 Å². The van der Waals surface area contributed by atoms with E-state index < -0.39 is 5.25 Å². The lowest BCUT2D eigenvalue weighted by Crippen LogP contribution is -2.34. The van der Waals surface area contributed by atoms with Crippen molar-refractivity contribution in [2.45, 2.75) is 44.1 Å². The van der Waals surface area contributed by atoms with Gasteiger partial charge in [-0.05, 0) is 25.8 Å². The van der Waals surface area contributed by atoms with Crippen molar-refractivity contribution in [3.05, 3.63) is 46.4 Å². The molecule has 0 aliphatic carbocycles. The Labute approximate surface area is 146 Å². The highest BCUT2D eigenvalue weighted by atomic mass is 32.2. The van der Waals surface area contributed by atoms with Gasteiger partial charge in [0.25, 0.3) is 0 Å². The highest BCUT2D eigenvalue weighted by molar-refractivity contribution is 8.00. The number of carbonyl (C=O) groups is 1. The summed E-state index contributed by atoms with van der Waals surface area (Å²) in [6.07, 6.45) is 0.826. The smallest absolute Gasteiger partial charge is 0.342 e. The van der Waals surface area contributed by atoms with E-state index in [1.165, 1.54) is 11.8 Å². The number of likely N-dealkylation sites (N-methyl/N-ethyl adjacent to an activating group) is 1. The molecule has 1 aromatic carbocycles. The lowest BCUT2D eigenvalue weighted by molar-refractivity contribution is -0.130. The van der Waals surface area contributed by atoms with Gasteiger partial charge in [-0.1, -0.05) is 49.0 Å². The van der Waals surface area contributed by atoms with Crippen LogP contribution in [0.3, 0.4) is 0 Å². The average Bonchev–Trinajstić information content (AvgIpc) is 2.95. The number of nitrogens with one attached hydrogen (secondary N) is 1. The molecule has 1 atom stereocenters. The largest absolute Gasteiger partial charge is 0.343 e. The topological polar surface area (TPSA) is 71.0 Å². The lowest BCUT2D eigenvalue weighted by Gasteiger charge is -2.24. The van der Waals surface area contributed by atoms with Crippen LogP contribution < -0.4 is 5.69 Å². The second-order valence-electron chi connectivity index (χ2n) is 5.38. The zero-order chi connectivity index (χ0) is 17.5. The van der Waals surface area contributed by atoms with E-state index in [0.29, 0.717) is 24.8 Å². The summed E-state index contributed by atoms with van der Waals surface area (Å²) in [5.74, 6) is 0.0368. The highest BCUT2D eigenvalue weighted by Gasteiger charge is 2.27. The second-order valence-corrected chi connectivity index (χ2v) is 6.45. The molecule has 7 heteroatoms. The standard InChI is InChI=1S/C17H24N4O2S/c1-4-12-21-16(23)18-19-17(21)24-14(13-10-8-7-9-11-13)15(22)20(5-2)6-3/h7-11,14H,4-6,12H2,1-3H3,(H,18,23)/t14-/m1/s1. The molecule has 2 rings (SSSR count). The summed E-state index contributed by atoms with van der Waals surface area (Å²) in [4.78, 5) is 26.7. The van der Waals surface area contributed by atoms with Gasteiger partial charge in [-0.15, -0.1) is 5.10 Å². The molecule has 24 heavy (non-hydrogen) atoms. The summed E-state index contributed by atoms with van der Waals surface area (Å²) < 4.78 is 1.59. The number of nitrogens with zero attached hydrogens (tertiary/aromatic N) is 3. The fourth-order valence-corrected chi connectivity index (χ4v) is 3.66. The van der Waals surface area contributed by atoms with E-state index in [1.807, 2.05) is 51.1 Å². The van der Waals surface area contributed by atoms with Crippen molar-refractivity contribution in [2.24, 2.45) is 0 Å². The van der Waals surface area contributed by atoms with Gasteiger partial charge in [0.2, 0.25) is 5.91 Å². The monoisotopic (exact) mass is 348 g/mol. The number of rotatable bonds is 8. The number of hydrogen-bond donors (Lipinski definition) is 1. The predicted octanol–water partition coefficient (Wildman–Crippen LogP) is 2.68. The van der Waals surface area contributed by atoms with E-state index in [1.54, 1.807) is 9.47 Å².